The van der Waals surface area contributed by atoms with Crippen molar-refractivity contribution in [2.24, 2.45) is 11.8 Å². The molecule has 2 aliphatic rings. The van der Waals surface area contributed by atoms with Crippen LogP contribution in [0.25, 0.3) is 0 Å². The summed E-state index contributed by atoms with van der Waals surface area (Å²) in [5, 5.41) is 1.70. The number of nitrogens with zero attached hydrogens (tertiary/aromatic N) is 3. The highest BCUT2D eigenvalue weighted by atomic mass is 16.7. The SMILES string of the molecule is CC(C)CN1C(=O)[C@H]2[C@@H](c3ccncc3)N(c3ccccc3)O[C@H]2C1=O. The van der Waals surface area contributed by atoms with Gasteiger partial charge in [-0.3, -0.25) is 24.3 Å². The van der Waals surface area contributed by atoms with E-state index in [0.717, 1.165) is 11.3 Å². The van der Waals surface area contributed by atoms with E-state index in [4.69, 9.17) is 4.84 Å². The highest BCUT2D eigenvalue weighted by molar-refractivity contribution is 6.07. The second kappa shape index (κ2) is 6.53. The molecule has 0 bridgehead atoms. The lowest BCUT2D eigenvalue weighted by atomic mass is 9.91. The van der Waals surface area contributed by atoms with Gasteiger partial charge in [0.05, 0.1) is 11.7 Å². The molecule has 1 aromatic carbocycles. The van der Waals surface area contributed by atoms with Gasteiger partial charge in [0, 0.05) is 18.9 Å². The lowest BCUT2D eigenvalue weighted by Crippen LogP contribution is -2.39. The lowest BCUT2D eigenvalue weighted by molar-refractivity contribution is -0.143. The summed E-state index contributed by atoms with van der Waals surface area (Å²) in [5.41, 5.74) is 1.73. The number of benzene rings is 1. The van der Waals surface area contributed by atoms with E-state index in [1.54, 1.807) is 17.5 Å². The summed E-state index contributed by atoms with van der Waals surface area (Å²) in [5.74, 6) is -0.740. The van der Waals surface area contributed by atoms with Gasteiger partial charge in [-0.15, -0.1) is 0 Å². The predicted octanol–water partition coefficient (Wildman–Crippen LogP) is 2.58. The first-order chi connectivity index (χ1) is 12.6. The molecule has 4 rings (SSSR count). The highest BCUT2D eigenvalue weighted by Gasteiger charge is 2.59. The summed E-state index contributed by atoms with van der Waals surface area (Å²) < 4.78 is 0. The first-order valence-electron chi connectivity index (χ1n) is 8.84. The maximum Gasteiger partial charge on any atom is 0.262 e. The molecule has 0 saturated carbocycles. The van der Waals surface area contributed by atoms with Gasteiger partial charge in [-0.05, 0) is 35.7 Å². The summed E-state index contributed by atoms with van der Waals surface area (Å²) in [6, 6.07) is 12.9. The maximum absolute atomic E-state index is 13.1. The van der Waals surface area contributed by atoms with Gasteiger partial charge in [0.2, 0.25) is 5.91 Å². The van der Waals surface area contributed by atoms with Crippen LogP contribution >= 0.6 is 0 Å². The first kappa shape index (κ1) is 16.7. The van der Waals surface area contributed by atoms with Crippen LogP contribution in [-0.2, 0) is 14.4 Å². The van der Waals surface area contributed by atoms with E-state index in [-0.39, 0.29) is 23.8 Å². The fourth-order valence-corrected chi connectivity index (χ4v) is 3.72. The van der Waals surface area contributed by atoms with Crippen LogP contribution < -0.4 is 5.06 Å². The van der Waals surface area contributed by atoms with Crippen molar-refractivity contribution in [2.45, 2.75) is 26.0 Å². The van der Waals surface area contributed by atoms with Gasteiger partial charge < -0.3 is 0 Å². The number of amides is 2. The van der Waals surface area contributed by atoms with Crippen molar-refractivity contribution in [3.8, 4) is 0 Å². The Morgan fingerprint density at radius 3 is 2.38 bits per heavy atom. The number of carbonyl (C=O) groups is 2. The number of carbonyl (C=O) groups excluding carboxylic acids is 2. The molecule has 0 radical (unpaired) electrons. The normalized spacial score (nSPS) is 25.3. The molecule has 26 heavy (non-hydrogen) atoms. The zero-order valence-electron chi connectivity index (χ0n) is 14.8. The molecule has 2 fully saturated rings. The Morgan fingerprint density at radius 2 is 1.73 bits per heavy atom. The Labute approximate surface area is 152 Å². The van der Waals surface area contributed by atoms with Crippen LogP contribution in [0.5, 0.6) is 0 Å². The van der Waals surface area contributed by atoms with Crippen molar-refractivity contribution in [1.29, 1.82) is 0 Å². The lowest BCUT2D eigenvalue weighted by Gasteiger charge is -2.29. The van der Waals surface area contributed by atoms with E-state index in [9.17, 15) is 9.59 Å². The van der Waals surface area contributed by atoms with E-state index in [0.29, 0.717) is 6.54 Å². The molecule has 2 saturated heterocycles. The molecule has 134 valence electrons. The number of fused-ring (bicyclic) bond motifs is 1. The monoisotopic (exact) mass is 351 g/mol. The number of hydroxylamine groups is 1. The van der Waals surface area contributed by atoms with E-state index in [1.807, 2.05) is 56.3 Å². The standard InChI is InChI=1S/C20H21N3O3/c1-13(2)12-22-19(24)16-17(14-8-10-21-11-9-14)23(26-18(16)20(22)25)15-6-4-3-5-7-15/h3-11,13,16-18H,12H2,1-2H3/t16-,17+,18+/m0/s1. The molecular weight excluding hydrogens is 330 g/mol. The van der Waals surface area contributed by atoms with Gasteiger partial charge in [0.1, 0.15) is 5.92 Å². The molecule has 3 heterocycles. The Morgan fingerprint density at radius 1 is 1.04 bits per heavy atom. The number of imide groups is 1. The number of hydrogen-bond donors (Lipinski definition) is 0. The van der Waals surface area contributed by atoms with Gasteiger partial charge in [-0.1, -0.05) is 32.0 Å². The maximum atomic E-state index is 13.1. The van der Waals surface area contributed by atoms with Crippen LogP contribution in [0.3, 0.4) is 0 Å². The number of hydrogen-bond acceptors (Lipinski definition) is 5. The summed E-state index contributed by atoms with van der Waals surface area (Å²) in [4.78, 5) is 37.4. The molecule has 1 aromatic heterocycles. The summed E-state index contributed by atoms with van der Waals surface area (Å²) in [7, 11) is 0. The van der Waals surface area contributed by atoms with Crippen molar-refractivity contribution in [3.63, 3.8) is 0 Å². The molecule has 0 spiro atoms. The fraction of sp³-hybridized carbons (Fsp3) is 0.350. The molecule has 2 aromatic rings. The Balaban J connectivity index is 1.75. The van der Waals surface area contributed by atoms with Crippen molar-refractivity contribution in [3.05, 3.63) is 60.4 Å². The molecule has 2 amide bonds. The van der Waals surface area contributed by atoms with Crippen LogP contribution in [0.15, 0.2) is 54.9 Å². The minimum Gasteiger partial charge on any atom is -0.280 e. The zero-order chi connectivity index (χ0) is 18.3. The molecular formula is C20H21N3O3. The summed E-state index contributed by atoms with van der Waals surface area (Å²) >= 11 is 0. The quantitative estimate of drug-likeness (QED) is 0.793. The second-order valence-corrected chi connectivity index (χ2v) is 7.12. The van der Waals surface area contributed by atoms with Gasteiger partial charge >= 0.3 is 0 Å². The van der Waals surface area contributed by atoms with Crippen LogP contribution in [0.4, 0.5) is 5.69 Å². The average molecular weight is 351 g/mol. The Hall–Kier alpha value is -2.73. The molecule has 6 nitrogen and oxygen atoms in total. The molecule has 0 unspecified atom stereocenters. The van der Waals surface area contributed by atoms with Crippen molar-refractivity contribution < 1.29 is 14.4 Å². The van der Waals surface area contributed by atoms with Gasteiger partial charge in [0.25, 0.3) is 5.91 Å². The third kappa shape index (κ3) is 2.66. The van der Waals surface area contributed by atoms with Crippen LogP contribution in [0.1, 0.15) is 25.5 Å². The second-order valence-electron chi connectivity index (χ2n) is 7.12. The molecule has 6 heteroatoms. The van der Waals surface area contributed by atoms with Crippen LogP contribution in [-0.4, -0.2) is 34.3 Å². The molecule has 0 N–H and O–H groups in total. The van der Waals surface area contributed by atoms with Gasteiger partial charge in [0.15, 0.2) is 6.10 Å². The minimum absolute atomic E-state index is 0.158. The van der Waals surface area contributed by atoms with Crippen LogP contribution in [0.2, 0.25) is 0 Å². The Bertz CT molecular complexity index is 810. The van der Waals surface area contributed by atoms with E-state index in [2.05, 4.69) is 4.98 Å². The van der Waals surface area contributed by atoms with E-state index < -0.39 is 12.0 Å². The molecule has 2 aliphatic heterocycles. The average Bonchev–Trinajstić information content (AvgIpc) is 3.15. The number of anilines is 1. The van der Waals surface area contributed by atoms with Crippen molar-refractivity contribution in [1.82, 2.24) is 9.88 Å². The molecule has 0 aliphatic carbocycles. The zero-order valence-corrected chi connectivity index (χ0v) is 14.8. The predicted molar refractivity (Wildman–Crippen MR) is 95.8 cm³/mol. The number of aromatic nitrogens is 1. The number of rotatable bonds is 4. The van der Waals surface area contributed by atoms with E-state index in [1.165, 1.54) is 4.90 Å². The highest BCUT2D eigenvalue weighted by Crippen LogP contribution is 2.46. The Kier molecular flexibility index (Phi) is 4.20. The fourth-order valence-electron chi connectivity index (χ4n) is 3.72. The van der Waals surface area contributed by atoms with Gasteiger partial charge in [-0.2, -0.15) is 0 Å². The summed E-state index contributed by atoms with van der Waals surface area (Å²) in [6.45, 7) is 4.40. The summed E-state index contributed by atoms with van der Waals surface area (Å²) in [6.07, 6.45) is 2.61. The minimum atomic E-state index is -0.778. The van der Waals surface area contributed by atoms with E-state index >= 15 is 0 Å². The topological polar surface area (TPSA) is 62.7 Å². The largest absolute Gasteiger partial charge is 0.280 e. The van der Waals surface area contributed by atoms with Crippen molar-refractivity contribution in [2.75, 3.05) is 11.6 Å². The number of pyridine rings is 1. The number of para-hydroxylation sites is 1. The third-order valence-electron chi connectivity index (χ3n) is 4.81. The molecule has 3 atom stereocenters. The van der Waals surface area contributed by atoms with Gasteiger partial charge in [-0.25, -0.2) is 5.06 Å². The smallest absolute Gasteiger partial charge is 0.262 e. The van der Waals surface area contributed by atoms with Crippen LogP contribution in [0, 0.1) is 11.8 Å². The number of likely N-dealkylation sites (tertiary alicyclic amines) is 1. The third-order valence-corrected chi connectivity index (χ3v) is 4.81. The van der Waals surface area contributed by atoms with Crippen molar-refractivity contribution >= 4 is 17.5 Å². The first-order valence-corrected chi connectivity index (χ1v) is 8.84.